The fourth-order valence-corrected chi connectivity index (χ4v) is 1.15. The standard InChI is InChI=1S/C12H15NO2/c1-3-8-15-9-12(10(2)14)11-4-6-13-7-5-11/h4-7,9H,3,8H2,1-2H3. The molecule has 1 aromatic heterocycles. The second kappa shape index (κ2) is 5.96. The van der Waals surface area contributed by atoms with Crippen molar-refractivity contribution >= 4 is 11.4 Å². The molecule has 0 radical (unpaired) electrons. The molecule has 0 bridgehead atoms. The number of carbonyl (C=O) groups is 1. The minimum absolute atomic E-state index is 0.00250. The lowest BCUT2D eigenvalue weighted by Gasteiger charge is -2.04. The van der Waals surface area contributed by atoms with Gasteiger partial charge in [-0.3, -0.25) is 9.78 Å². The van der Waals surface area contributed by atoms with Crippen LogP contribution in [0.4, 0.5) is 0 Å². The van der Waals surface area contributed by atoms with Crippen LogP contribution in [-0.4, -0.2) is 17.4 Å². The van der Waals surface area contributed by atoms with Gasteiger partial charge >= 0.3 is 0 Å². The average Bonchev–Trinajstić information content (AvgIpc) is 2.25. The van der Waals surface area contributed by atoms with E-state index in [4.69, 9.17) is 4.74 Å². The summed E-state index contributed by atoms with van der Waals surface area (Å²) in [6.07, 6.45) is 5.77. The van der Waals surface area contributed by atoms with Crippen LogP contribution in [0.3, 0.4) is 0 Å². The maximum atomic E-state index is 11.4. The summed E-state index contributed by atoms with van der Waals surface area (Å²) in [4.78, 5) is 15.3. The van der Waals surface area contributed by atoms with Gasteiger partial charge in [-0.15, -0.1) is 0 Å². The number of rotatable bonds is 5. The fraction of sp³-hybridized carbons (Fsp3) is 0.333. The molecule has 3 nitrogen and oxygen atoms in total. The Labute approximate surface area is 89.8 Å². The molecule has 1 rings (SSSR count). The van der Waals surface area contributed by atoms with E-state index in [9.17, 15) is 4.79 Å². The molecule has 0 aromatic carbocycles. The maximum Gasteiger partial charge on any atom is 0.163 e. The Morgan fingerprint density at radius 3 is 2.67 bits per heavy atom. The molecular formula is C12H15NO2. The molecule has 0 fully saturated rings. The monoisotopic (exact) mass is 205 g/mol. The predicted octanol–water partition coefficient (Wildman–Crippen LogP) is 2.44. The minimum Gasteiger partial charge on any atom is -0.500 e. The van der Waals surface area contributed by atoms with Gasteiger partial charge in [0.05, 0.1) is 18.4 Å². The second-order valence-corrected chi connectivity index (χ2v) is 3.19. The molecule has 0 atom stereocenters. The van der Waals surface area contributed by atoms with E-state index in [2.05, 4.69) is 4.98 Å². The van der Waals surface area contributed by atoms with Gasteiger partial charge in [0.15, 0.2) is 5.78 Å². The Hall–Kier alpha value is -1.64. The van der Waals surface area contributed by atoms with E-state index in [1.165, 1.54) is 13.2 Å². The molecule has 1 heterocycles. The van der Waals surface area contributed by atoms with Gasteiger partial charge in [0, 0.05) is 12.4 Å². The first-order valence-electron chi connectivity index (χ1n) is 4.98. The number of Topliss-reactive ketones (excluding diaryl/α,β-unsaturated/α-hetero) is 1. The lowest BCUT2D eigenvalue weighted by atomic mass is 10.1. The smallest absolute Gasteiger partial charge is 0.163 e. The van der Waals surface area contributed by atoms with Crippen molar-refractivity contribution in [2.75, 3.05) is 6.61 Å². The predicted molar refractivity (Wildman–Crippen MR) is 59.1 cm³/mol. The van der Waals surface area contributed by atoms with Crippen LogP contribution in [0.25, 0.3) is 5.57 Å². The minimum atomic E-state index is -0.00250. The topological polar surface area (TPSA) is 39.2 Å². The van der Waals surface area contributed by atoms with Crippen LogP contribution in [0.1, 0.15) is 25.8 Å². The quantitative estimate of drug-likeness (QED) is 0.421. The highest BCUT2D eigenvalue weighted by atomic mass is 16.5. The Balaban J connectivity index is 2.84. The van der Waals surface area contributed by atoms with E-state index in [1.54, 1.807) is 24.5 Å². The first-order chi connectivity index (χ1) is 7.25. The van der Waals surface area contributed by atoms with Crippen LogP contribution in [0, 0.1) is 0 Å². The summed E-state index contributed by atoms with van der Waals surface area (Å²) in [5, 5.41) is 0. The first-order valence-corrected chi connectivity index (χ1v) is 4.98. The summed E-state index contributed by atoms with van der Waals surface area (Å²) in [6, 6.07) is 3.59. The molecule has 0 spiro atoms. The molecule has 15 heavy (non-hydrogen) atoms. The summed E-state index contributed by atoms with van der Waals surface area (Å²) in [5.74, 6) is -0.00250. The average molecular weight is 205 g/mol. The number of aromatic nitrogens is 1. The van der Waals surface area contributed by atoms with E-state index < -0.39 is 0 Å². The fourth-order valence-electron chi connectivity index (χ4n) is 1.15. The molecule has 0 unspecified atom stereocenters. The van der Waals surface area contributed by atoms with Crippen molar-refractivity contribution in [2.24, 2.45) is 0 Å². The number of nitrogens with zero attached hydrogens (tertiary/aromatic N) is 1. The number of ether oxygens (including phenoxy) is 1. The molecule has 0 saturated carbocycles. The number of hydrogen-bond donors (Lipinski definition) is 0. The summed E-state index contributed by atoms with van der Waals surface area (Å²) in [5.41, 5.74) is 1.43. The summed E-state index contributed by atoms with van der Waals surface area (Å²) >= 11 is 0. The van der Waals surface area contributed by atoms with E-state index in [-0.39, 0.29) is 5.78 Å². The molecule has 80 valence electrons. The number of allylic oxidation sites excluding steroid dienone is 1. The Bertz CT molecular complexity index is 344. The van der Waals surface area contributed by atoms with Gasteiger partial charge in [0.1, 0.15) is 0 Å². The van der Waals surface area contributed by atoms with Crippen molar-refractivity contribution in [1.82, 2.24) is 4.98 Å². The zero-order valence-corrected chi connectivity index (χ0v) is 9.06. The van der Waals surface area contributed by atoms with Crippen LogP contribution < -0.4 is 0 Å². The van der Waals surface area contributed by atoms with Crippen LogP contribution in [0.15, 0.2) is 30.8 Å². The highest BCUT2D eigenvalue weighted by molar-refractivity contribution is 6.19. The summed E-state index contributed by atoms with van der Waals surface area (Å²) in [6.45, 7) is 4.18. The molecule has 0 aliphatic rings. The summed E-state index contributed by atoms with van der Waals surface area (Å²) < 4.78 is 5.26. The van der Waals surface area contributed by atoms with Crippen LogP contribution >= 0.6 is 0 Å². The maximum absolute atomic E-state index is 11.4. The van der Waals surface area contributed by atoms with E-state index in [0.717, 1.165) is 12.0 Å². The van der Waals surface area contributed by atoms with Crippen LogP contribution in [0.2, 0.25) is 0 Å². The molecular weight excluding hydrogens is 190 g/mol. The second-order valence-electron chi connectivity index (χ2n) is 3.19. The Kier molecular flexibility index (Phi) is 4.54. The van der Waals surface area contributed by atoms with Crippen molar-refractivity contribution in [3.8, 4) is 0 Å². The van der Waals surface area contributed by atoms with Crippen LogP contribution in [0.5, 0.6) is 0 Å². The lowest BCUT2D eigenvalue weighted by Crippen LogP contribution is -1.98. The van der Waals surface area contributed by atoms with Crippen molar-refractivity contribution in [1.29, 1.82) is 0 Å². The van der Waals surface area contributed by atoms with Gasteiger partial charge in [0.2, 0.25) is 0 Å². The number of hydrogen-bond acceptors (Lipinski definition) is 3. The van der Waals surface area contributed by atoms with Crippen LogP contribution in [-0.2, 0) is 9.53 Å². The Morgan fingerprint density at radius 2 is 2.13 bits per heavy atom. The van der Waals surface area contributed by atoms with Crippen molar-refractivity contribution in [3.63, 3.8) is 0 Å². The molecule has 0 aliphatic carbocycles. The van der Waals surface area contributed by atoms with Gasteiger partial charge in [-0.2, -0.15) is 0 Å². The molecule has 0 aliphatic heterocycles. The molecule has 0 saturated heterocycles. The normalized spacial score (nSPS) is 11.2. The van der Waals surface area contributed by atoms with Gasteiger partial charge in [-0.05, 0) is 31.0 Å². The number of carbonyl (C=O) groups excluding carboxylic acids is 1. The molecule has 0 N–H and O–H groups in total. The third-order valence-corrected chi connectivity index (χ3v) is 1.89. The van der Waals surface area contributed by atoms with E-state index in [1.807, 2.05) is 6.92 Å². The highest BCUT2D eigenvalue weighted by Gasteiger charge is 2.06. The molecule has 0 amide bonds. The first kappa shape index (κ1) is 11.4. The lowest BCUT2D eigenvalue weighted by molar-refractivity contribution is -0.111. The van der Waals surface area contributed by atoms with Crippen molar-refractivity contribution < 1.29 is 9.53 Å². The number of ketones is 1. The van der Waals surface area contributed by atoms with Crippen molar-refractivity contribution in [3.05, 3.63) is 36.4 Å². The number of pyridine rings is 1. The largest absolute Gasteiger partial charge is 0.500 e. The van der Waals surface area contributed by atoms with E-state index in [0.29, 0.717) is 12.2 Å². The van der Waals surface area contributed by atoms with Gasteiger partial charge in [0.25, 0.3) is 0 Å². The molecule has 3 heteroatoms. The van der Waals surface area contributed by atoms with E-state index >= 15 is 0 Å². The summed E-state index contributed by atoms with van der Waals surface area (Å²) in [7, 11) is 0. The zero-order chi connectivity index (χ0) is 11.1. The third-order valence-electron chi connectivity index (χ3n) is 1.89. The van der Waals surface area contributed by atoms with Gasteiger partial charge in [-0.25, -0.2) is 0 Å². The van der Waals surface area contributed by atoms with Crippen molar-refractivity contribution in [2.45, 2.75) is 20.3 Å². The highest BCUT2D eigenvalue weighted by Crippen LogP contribution is 2.14. The zero-order valence-electron chi connectivity index (χ0n) is 9.06. The Morgan fingerprint density at radius 1 is 1.47 bits per heavy atom. The third kappa shape index (κ3) is 3.54. The SMILES string of the molecule is CCCOC=C(C(C)=O)c1ccncc1. The van der Waals surface area contributed by atoms with Gasteiger partial charge in [-0.1, -0.05) is 6.92 Å². The molecule has 1 aromatic rings. The van der Waals surface area contributed by atoms with Gasteiger partial charge < -0.3 is 4.74 Å².